The molecule has 0 saturated carbocycles. The van der Waals surface area contributed by atoms with Gasteiger partial charge in [-0.3, -0.25) is 9.67 Å². The van der Waals surface area contributed by atoms with Crippen LogP contribution in [0.25, 0.3) is 22.0 Å². The summed E-state index contributed by atoms with van der Waals surface area (Å²) in [5.74, 6) is 0. The Bertz CT molecular complexity index is 998. The van der Waals surface area contributed by atoms with E-state index in [1.807, 2.05) is 19.2 Å². The summed E-state index contributed by atoms with van der Waals surface area (Å²) in [6.45, 7) is 2.38. The van der Waals surface area contributed by atoms with Gasteiger partial charge in [0.05, 0.1) is 36.6 Å². The molecule has 1 aliphatic heterocycles. The third kappa shape index (κ3) is 2.10. The molecule has 120 valence electrons. The highest BCUT2D eigenvalue weighted by Crippen LogP contribution is 2.36. The number of aryl methyl sites for hydroxylation is 1. The molecule has 24 heavy (non-hydrogen) atoms. The Kier molecular flexibility index (Phi) is 3.17. The van der Waals surface area contributed by atoms with Gasteiger partial charge in [-0.2, -0.15) is 10.4 Å². The molecule has 1 N–H and O–H groups in total. The molecular formula is C18H16N4O2. The number of nitriles is 1. The number of nitrogens with zero attached hydrogens (tertiary/aromatic N) is 4. The van der Waals surface area contributed by atoms with Crippen LogP contribution in [-0.2, 0) is 24.0 Å². The molecular weight excluding hydrogens is 304 g/mol. The van der Waals surface area contributed by atoms with Crippen molar-refractivity contribution >= 4 is 10.9 Å². The number of fused-ring (bicyclic) bond motifs is 2. The molecule has 0 amide bonds. The highest BCUT2D eigenvalue weighted by Gasteiger charge is 2.32. The van der Waals surface area contributed by atoms with Gasteiger partial charge < -0.3 is 9.84 Å². The lowest BCUT2D eigenvalue weighted by Crippen LogP contribution is -2.33. The summed E-state index contributed by atoms with van der Waals surface area (Å²) in [5, 5.41) is 25.1. The van der Waals surface area contributed by atoms with Crippen LogP contribution in [0.3, 0.4) is 0 Å². The van der Waals surface area contributed by atoms with E-state index in [4.69, 9.17) is 4.74 Å². The first-order valence-electron chi connectivity index (χ1n) is 7.65. The number of pyridine rings is 1. The zero-order valence-corrected chi connectivity index (χ0v) is 13.4. The van der Waals surface area contributed by atoms with Crippen LogP contribution < -0.4 is 0 Å². The molecule has 1 atom stereocenters. The molecule has 0 radical (unpaired) electrons. The zero-order chi connectivity index (χ0) is 16.9. The lowest BCUT2D eigenvalue weighted by molar-refractivity contribution is -0.0603. The standard InChI is InChI=1S/C18H16N4O2/c1-18(23)10-24-9-15-13(6-20-8-16(15)18)11-3-12(5-19)14-7-21-22(2)17(14)4-11/h3-4,6-8,23H,9-10H2,1-2H3. The summed E-state index contributed by atoms with van der Waals surface area (Å²) < 4.78 is 7.31. The average Bonchev–Trinajstić information content (AvgIpc) is 2.95. The van der Waals surface area contributed by atoms with E-state index in [1.165, 1.54) is 0 Å². The summed E-state index contributed by atoms with van der Waals surface area (Å²) in [7, 11) is 1.85. The molecule has 1 unspecified atom stereocenters. The molecule has 2 aromatic heterocycles. The normalized spacial score (nSPS) is 19.9. The summed E-state index contributed by atoms with van der Waals surface area (Å²) in [6.07, 6.45) is 5.14. The minimum atomic E-state index is -1.06. The topological polar surface area (TPSA) is 84.0 Å². The summed E-state index contributed by atoms with van der Waals surface area (Å²) in [6, 6.07) is 6.06. The fraction of sp³-hybridized carbons (Fsp3) is 0.278. The fourth-order valence-corrected chi connectivity index (χ4v) is 3.28. The van der Waals surface area contributed by atoms with E-state index in [2.05, 4.69) is 16.2 Å². The molecule has 0 saturated heterocycles. The van der Waals surface area contributed by atoms with Crippen LogP contribution in [0.1, 0.15) is 23.6 Å². The smallest absolute Gasteiger partial charge is 0.112 e. The third-order valence-electron chi connectivity index (χ3n) is 4.57. The number of rotatable bonds is 1. The Labute approximate surface area is 138 Å². The van der Waals surface area contributed by atoms with Crippen LogP contribution in [0.4, 0.5) is 0 Å². The van der Waals surface area contributed by atoms with Gasteiger partial charge in [0.25, 0.3) is 0 Å². The molecule has 6 heteroatoms. The minimum Gasteiger partial charge on any atom is -0.383 e. The van der Waals surface area contributed by atoms with Crippen LogP contribution in [0.5, 0.6) is 0 Å². The quantitative estimate of drug-likeness (QED) is 0.743. The SMILES string of the molecule is Cn1ncc2c(C#N)cc(-c3cncc4c3COCC4(C)O)cc21. The highest BCUT2D eigenvalue weighted by atomic mass is 16.5. The van der Waals surface area contributed by atoms with Crippen molar-refractivity contribution in [3.05, 3.63) is 47.4 Å². The number of hydrogen-bond donors (Lipinski definition) is 1. The Hall–Kier alpha value is -2.75. The van der Waals surface area contributed by atoms with Gasteiger partial charge in [0.15, 0.2) is 0 Å². The van der Waals surface area contributed by atoms with Crippen molar-refractivity contribution in [2.24, 2.45) is 7.05 Å². The minimum absolute atomic E-state index is 0.245. The first-order chi connectivity index (χ1) is 11.5. The predicted molar refractivity (Wildman–Crippen MR) is 87.9 cm³/mol. The second-order valence-corrected chi connectivity index (χ2v) is 6.32. The molecule has 3 heterocycles. The summed E-state index contributed by atoms with van der Waals surface area (Å²) >= 11 is 0. The largest absolute Gasteiger partial charge is 0.383 e. The Morgan fingerprint density at radius 2 is 2.17 bits per heavy atom. The lowest BCUT2D eigenvalue weighted by atomic mass is 9.87. The van der Waals surface area contributed by atoms with Crippen LogP contribution in [0, 0.1) is 11.3 Å². The van der Waals surface area contributed by atoms with Gasteiger partial charge in [0, 0.05) is 36.0 Å². The van der Waals surface area contributed by atoms with Crippen molar-refractivity contribution in [2.75, 3.05) is 6.61 Å². The van der Waals surface area contributed by atoms with E-state index >= 15 is 0 Å². The van der Waals surface area contributed by atoms with Crippen molar-refractivity contribution in [1.82, 2.24) is 14.8 Å². The zero-order valence-electron chi connectivity index (χ0n) is 13.4. The van der Waals surface area contributed by atoms with Crippen LogP contribution in [0.2, 0.25) is 0 Å². The number of aliphatic hydroxyl groups is 1. The Balaban J connectivity index is 2.00. The van der Waals surface area contributed by atoms with E-state index in [9.17, 15) is 10.4 Å². The van der Waals surface area contributed by atoms with Crippen LogP contribution in [0.15, 0.2) is 30.7 Å². The molecule has 1 aromatic carbocycles. The maximum Gasteiger partial charge on any atom is 0.112 e. The van der Waals surface area contributed by atoms with Gasteiger partial charge in [0.1, 0.15) is 5.60 Å². The fourth-order valence-electron chi connectivity index (χ4n) is 3.28. The molecule has 0 bridgehead atoms. The summed E-state index contributed by atoms with van der Waals surface area (Å²) in [5.41, 5.74) is 3.80. The second-order valence-electron chi connectivity index (χ2n) is 6.32. The molecule has 3 aromatic rings. The van der Waals surface area contributed by atoms with Crippen molar-refractivity contribution in [2.45, 2.75) is 19.1 Å². The van der Waals surface area contributed by atoms with Gasteiger partial charge in [-0.1, -0.05) is 0 Å². The van der Waals surface area contributed by atoms with E-state index in [0.717, 1.165) is 33.2 Å². The van der Waals surface area contributed by atoms with Crippen LogP contribution in [-0.4, -0.2) is 26.5 Å². The average molecular weight is 320 g/mol. The third-order valence-corrected chi connectivity index (χ3v) is 4.57. The van der Waals surface area contributed by atoms with Gasteiger partial charge >= 0.3 is 0 Å². The van der Waals surface area contributed by atoms with Crippen molar-refractivity contribution in [3.63, 3.8) is 0 Å². The molecule has 6 nitrogen and oxygen atoms in total. The first kappa shape index (κ1) is 14.8. The van der Waals surface area contributed by atoms with Gasteiger partial charge in [0.2, 0.25) is 0 Å². The van der Waals surface area contributed by atoms with E-state index < -0.39 is 5.60 Å². The predicted octanol–water partition coefficient (Wildman–Crippen LogP) is 2.24. The number of hydrogen-bond acceptors (Lipinski definition) is 5. The Morgan fingerprint density at radius 3 is 2.96 bits per heavy atom. The molecule has 4 rings (SSSR count). The van der Waals surface area contributed by atoms with Gasteiger partial charge in [-0.25, -0.2) is 0 Å². The maximum absolute atomic E-state index is 10.6. The number of aromatic nitrogens is 3. The molecule has 1 aliphatic rings. The van der Waals surface area contributed by atoms with Crippen molar-refractivity contribution < 1.29 is 9.84 Å². The molecule has 0 fully saturated rings. The van der Waals surface area contributed by atoms with Crippen molar-refractivity contribution in [3.8, 4) is 17.2 Å². The van der Waals surface area contributed by atoms with Crippen molar-refractivity contribution in [1.29, 1.82) is 5.26 Å². The highest BCUT2D eigenvalue weighted by molar-refractivity contribution is 5.90. The van der Waals surface area contributed by atoms with Crippen LogP contribution >= 0.6 is 0 Å². The van der Waals surface area contributed by atoms with E-state index in [-0.39, 0.29) is 6.61 Å². The van der Waals surface area contributed by atoms with E-state index in [0.29, 0.717) is 12.2 Å². The summed E-state index contributed by atoms with van der Waals surface area (Å²) in [4.78, 5) is 4.29. The molecule has 0 aliphatic carbocycles. The van der Waals surface area contributed by atoms with Gasteiger partial charge in [-0.05, 0) is 30.2 Å². The van der Waals surface area contributed by atoms with Gasteiger partial charge in [-0.15, -0.1) is 0 Å². The first-order valence-corrected chi connectivity index (χ1v) is 7.65. The molecule has 0 spiro atoms. The van der Waals surface area contributed by atoms with E-state index in [1.54, 1.807) is 30.2 Å². The number of benzene rings is 1. The maximum atomic E-state index is 10.6. The monoisotopic (exact) mass is 320 g/mol. The second kappa shape index (κ2) is 5.13. The number of ether oxygens (including phenoxy) is 1. The Morgan fingerprint density at radius 1 is 1.33 bits per heavy atom. The lowest BCUT2D eigenvalue weighted by Gasteiger charge is -2.31.